The second kappa shape index (κ2) is 9.67. The van der Waals surface area contributed by atoms with E-state index in [9.17, 15) is 9.59 Å². The van der Waals surface area contributed by atoms with Gasteiger partial charge in [0.05, 0.1) is 6.21 Å². The Labute approximate surface area is 189 Å². The number of benzene rings is 4. The minimum Gasteiger partial charge on any atom is -0.299 e. The highest BCUT2D eigenvalue weighted by molar-refractivity contribution is 9.10. The van der Waals surface area contributed by atoms with Gasteiger partial charge in [0, 0.05) is 29.3 Å². The Balaban J connectivity index is 1.41. The molecule has 1 N–H and O–H groups in total. The monoisotopic (exact) mass is 472 g/mol. The molecule has 0 aliphatic carbocycles. The van der Waals surface area contributed by atoms with Crippen molar-refractivity contribution < 1.29 is 9.59 Å². The molecule has 0 aromatic heterocycles. The van der Waals surface area contributed by atoms with Crippen LogP contribution >= 0.6 is 15.9 Å². The van der Waals surface area contributed by atoms with Crippen LogP contribution in [0.15, 0.2) is 88.4 Å². The molecule has 0 saturated heterocycles. The molecule has 0 unspecified atom stereocenters. The zero-order valence-electron chi connectivity index (χ0n) is 16.8. The molecule has 154 valence electrons. The predicted octanol–water partition coefficient (Wildman–Crippen LogP) is 5.80. The number of rotatable bonds is 7. The summed E-state index contributed by atoms with van der Waals surface area (Å²) in [5.41, 5.74) is 4.44. The van der Waals surface area contributed by atoms with E-state index in [0.29, 0.717) is 6.42 Å². The molecule has 4 rings (SSSR count). The van der Waals surface area contributed by atoms with Crippen LogP contribution in [0.2, 0.25) is 0 Å². The number of nitrogens with zero attached hydrogens (tertiary/aromatic N) is 1. The number of carbonyl (C=O) groups excluding carboxylic acids is 2. The molecule has 0 fully saturated rings. The van der Waals surface area contributed by atoms with E-state index in [1.807, 2.05) is 60.7 Å². The lowest BCUT2D eigenvalue weighted by Gasteiger charge is -2.08. The molecule has 0 aliphatic rings. The van der Waals surface area contributed by atoms with Crippen LogP contribution in [0.3, 0.4) is 0 Å². The van der Waals surface area contributed by atoms with Crippen LogP contribution in [0.5, 0.6) is 0 Å². The van der Waals surface area contributed by atoms with Gasteiger partial charge in [-0.1, -0.05) is 82.7 Å². The molecule has 0 aliphatic heterocycles. The van der Waals surface area contributed by atoms with Crippen molar-refractivity contribution in [3.05, 3.63) is 94.5 Å². The minimum atomic E-state index is -0.277. The maximum atomic E-state index is 12.2. The Morgan fingerprint density at radius 3 is 2.13 bits per heavy atom. The van der Waals surface area contributed by atoms with Crippen LogP contribution in [0, 0.1) is 0 Å². The molecule has 5 heteroatoms. The lowest BCUT2D eigenvalue weighted by atomic mass is 9.97. The lowest BCUT2D eigenvalue weighted by molar-refractivity contribution is -0.125. The molecule has 4 aromatic carbocycles. The summed E-state index contributed by atoms with van der Waals surface area (Å²) in [5.74, 6) is -0.257. The third kappa shape index (κ3) is 5.06. The summed E-state index contributed by atoms with van der Waals surface area (Å²) < 4.78 is 0.903. The van der Waals surface area contributed by atoms with Crippen molar-refractivity contribution in [3.63, 3.8) is 0 Å². The summed E-state index contributed by atoms with van der Waals surface area (Å²) in [6, 6.07) is 26.0. The van der Waals surface area contributed by atoms with Gasteiger partial charge in [-0.25, -0.2) is 5.43 Å². The first kappa shape index (κ1) is 20.9. The number of Topliss-reactive ketones (excluding diaryl/α,β-unsaturated/α-hetero) is 1. The molecule has 31 heavy (non-hydrogen) atoms. The van der Waals surface area contributed by atoms with E-state index in [2.05, 4.69) is 44.7 Å². The molecule has 0 spiro atoms. The average Bonchev–Trinajstić information content (AvgIpc) is 2.79. The first-order chi connectivity index (χ1) is 15.1. The number of fused-ring (bicyclic) bond motifs is 2. The van der Waals surface area contributed by atoms with Gasteiger partial charge in [0.1, 0.15) is 5.78 Å². The van der Waals surface area contributed by atoms with Crippen molar-refractivity contribution in [2.75, 3.05) is 0 Å². The maximum absolute atomic E-state index is 12.2. The standard InChI is InChI=1S/C26H21BrN2O2/c27-25-12-6-3-9-20(25)16-21(30)13-14-26(31)29-28-17-24-22-10-4-1-7-18(22)15-19-8-2-5-11-23(19)24/h1-12,15,17H,13-14,16H2,(H,29,31)/b28-17+. The van der Waals surface area contributed by atoms with Crippen molar-refractivity contribution in [2.45, 2.75) is 19.3 Å². The van der Waals surface area contributed by atoms with E-state index in [1.54, 1.807) is 6.21 Å². The van der Waals surface area contributed by atoms with E-state index in [-0.39, 0.29) is 24.5 Å². The molecule has 4 nitrogen and oxygen atoms in total. The van der Waals surface area contributed by atoms with Crippen molar-refractivity contribution in [1.29, 1.82) is 0 Å². The Kier molecular flexibility index (Phi) is 6.53. The fourth-order valence-electron chi connectivity index (χ4n) is 3.61. The Morgan fingerprint density at radius 2 is 1.45 bits per heavy atom. The highest BCUT2D eigenvalue weighted by Crippen LogP contribution is 2.27. The highest BCUT2D eigenvalue weighted by atomic mass is 79.9. The molecule has 0 radical (unpaired) electrons. The summed E-state index contributed by atoms with van der Waals surface area (Å²) in [6.07, 6.45) is 2.28. The molecule has 0 heterocycles. The fraction of sp³-hybridized carbons (Fsp3) is 0.115. The fourth-order valence-corrected chi connectivity index (χ4v) is 4.03. The molecule has 1 amide bonds. The van der Waals surface area contributed by atoms with Crippen molar-refractivity contribution in [3.8, 4) is 0 Å². The van der Waals surface area contributed by atoms with Gasteiger partial charge in [0.2, 0.25) is 5.91 Å². The van der Waals surface area contributed by atoms with Crippen LogP contribution in [0.25, 0.3) is 21.5 Å². The first-order valence-electron chi connectivity index (χ1n) is 10.1. The normalized spacial score (nSPS) is 11.3. The SMILES string of the molecule is O=C(CCC(=O)N/N=C/c1c2ccccc2cc2ccccc12)Cc1ccccc1Br. The molecule has 0 atom stereocenters. The van der Waals surface area contributed by atoms with Gasteiger partial charge in [-0.15, -0.1) is 0 Å². The summed E-state index contributed by atoms with van der Waals surface area (Å²) in [5, 5.41) is 8.55. The summed E-state index contributed by atoms with van der Waals surface area (Å²) in [7, 11) is 0. The third-order valence-electron chi connectivity index (χ3n) is 5.17. The topological polar surface area (TPSA) is 58.5 Å². The van der Waals surface area contributed by atoms with E-state index < -0.39 is 0 Å². The van der Waals surface area contributed by atoms with Crippen LogP contribution in [-0.2, 0) is 16.0 Å². The van der Waals surface area contributed by atoms with Crippen LogP contribution in [-0.4, -0.2) is 17.9 Å². The van der Waals surface area contributed by atoms with E-state index in [4.69, 9.17) is 0 Å². The quantitative estimate of drug-likeness (QED) is 0.210. The molecular weight excluding hydrogens is 452 g/mol. The first-order valence-corrected chi connectivity index (χ1v) is 10.9. The molecule has 0 saturated carbocycles. The Hall–Kier alpha value is -3.31. The van der Waals surface area contributed by atoms with Gasteiger partial charge < -0.3 is 0 Å². The number of halogens is 1. The van der Waals surface area contributed by atoms with Crippen molar-refractivity contribution in [2.24, 2.45) is 5.10 Å². The minimum absolute atomic E-state index is 0.0195. The van der Waals surface area contributed by atoms with Gasteiger partial charge >= 0.3 is 0 Å². The zero-order chi connectivity index (χ0) is 21.6. The van der Waals surface area contributed by atoms with Crippen LogP contribution in [0.4, 0.5) is 0 Å². The second-order valence-corrected chi connectivity index (χ2v) is 8.19. The van der Waals surface area contributed by atoms with E-state index in [1.165, 1.54) is 0 Å². The van der Waals surface area contributed by atoms with Crippen molar-refractivity contribution >= 4 is 55.4 Å². The smallest absolute Gasteiger partial charge is 0.240 e. The largest absolute Gasteiger partial charge is 0.299 e. The van der Waals surface area contributed by atoms with Crippen molar-refractivity contribution in [1.82, 2.24) is 5.43 Å². The average molecular weight is 473 g/mol. The maximum Gasteiger partial charge on any atom is 0.240 e. The van der Waals surface area contributed by atoms with E-state index >= 15 is 0 Å². The number of hydrogen-bond acceptors (Lipinski definition) is 3. The Bertz CT molecular complexity index is 1240. The summed E-state index contributed by atoms with van der Waals surface area (Å²) >= 11 is 3.44. The number of ketones is 1. The van der Waals surface area contributed by atoms with Crippen LogP contribution < -0.4 is 5.43 Å². The zero-order valence-corrected chi connectivity index (χ0v) is 18.4. The third-order valence-corrected chi connectivity index (χ3v) is 5.95. The number of amides is 1. The van der Waals surface area contributed by atoms with E-state index in [0.717, 1.165) is 37.1 Å². The van der Waals surface area contributed by atoms with Gasteiger partial charge in [0.25, 0.3) is 0 Å². The van der Waals surface area contributed by atoms with Gasteiger partial charge in [0.15, 0.2) is 0 Å². The number of hydrogen-bond donors (Lipinski definition) is 1. The highest BCUT2D eigenvalue weighted by Gasteiger charge is 2.10. The number of nitrogens with one attached hydrogen (secondary N) is 1. The summed E-state index contributed by atoms with van der Waals surface area (Å²) in [4.78, 5) is 24.4. The Morgan fingerprint density at radius 1 is 0.839 bits per heavy atom. The lowest BCUT2D eigenvalue weighted by Crippen LogP contribution is -2.19. The number of hydrazone groups is 1. The van der Waals surface area contributed by atoms with Gasteiger partial charge in [-0.3, -0.25) is 9.59 Å². The second-order valence-electron chi connectivity index (χ2n) is 7.33. The predicted molar refractivity (Wildman–Crippen MR) is 129 cm³/mol. The molecular formula is C26H21BrN2O2. The van der Waals surface area contributed by atoms with Gasteiger partial charge in [-0.05, 0) is 39.2 Å². The molecule has 0 bridgehead atoms. The van der Waals surface area contributed by atoms with Gasteiger partial charge in [-0.2, -0.15) is 5.10 Å². The molecule has 4 aromatic rings. The number of carbonyl (C=O) groups is 2. The summed E-state index contributed by atoms with van der Waals surface area (Å²) in [6.45, 7) is 0. The van der Waals surface area contributed by atoms with Crippen LogP contribution in [0.1, 0.15) is 24.0 Å².